The molecule has 0 bridgehead atoms. The highest BCUT2D eigenvalue weighted by molar-refractivity contribution is 7.98. The molecular formula is C17H19NO2S. The number of hydrogen-bond donors (Lipinski definition) is 1. The summed E-state index contributed by atoms with van der Waals surface area (Å²) in [6.07, 6.45) is 2.36. The summed E-state index contributed by atoms with van der Waals surface area (Å²) in [5.74, 6) is 0.787. The van der Waals surface area contributed by atoms with Crippen LogP contribution in [0, 0.1) is 6.92 Å². The molecule has 0 spiro atoms. The number of hydrogen-bond acceptors (Lipinski definition) is 3. The first-order chi connectivity index (χ1) is 10.2. The third-order valence-corrected chi connectivity index (χ3v) is 3.80. The number of ether oxygens (including phenoxy) is 1. The molecule has 0 radical (unpaired) electrons. The van der Waals surface area contributed by atoms with Crippen molar-refractivity contribution in [1.82, 2.24) is 0 Å². The third-order valence-electron chi connectivity index (χ3n) is 3.05. The first-order valence-electron chi connectivity index (χ1n) is 6.81. The van der Waals surface area contributed by atoms with Crippen molar-refractivity contribution in [3.8, 4) is 5.75 Å². The van der Waals surface area contributed by atoms with E-state index in [0.717, 1.165) is 17.0 Å². The Morgan fingerprint density at radius 1 is 1.14 bits per heavy atom. The molecule has 3 nitrogen and oxygen atoms in total. The molecule has 0 aliphatic rings. The zero-order chi connectivity index (χ0) is 15.1. The molecule has 1 amide bonds. The quantitative estimate of drug-likeness (QED) is 0.815. The molecule has 0 fully saturated rings. The van der Waals surface area contributed by atoms with E-state index in [9.17, 15) is 4.79 Å². The fraction of sp³-hybridized carbons (Fsp3) is 0.235. The summed E-state index contributed by atoms with van der Waals surface area (Å²) in [7, 11) is 0. The number of rotatable bonds is 6. The van der Waals surface area contributed by atoms with Crippen LogP contribution in [0.4, 0.5) is 5.69 Å². The zero-order valence-electron chi connectivity index (χ0n) is 12.3. The highest BCUT2D eigenvalue weighted by Crippen LogP contribution is 2.18. The summed E-state index contributed by atoms with van der Waals surface area (Å²) in [5, 5.41) is 2.87. The van der Waals surface area contributed by atoms with Gasteiger partial charge in [-0.3, -0.25) is 4.79 Å². The number of amides is 1. The normalized spacial score (nSPS) is 10.2. The Morgan fingerprint density at radius 2 is 1.86 bits per heavy atom. The number of carbonyl (C=O) groups excluding carboxylic acids is 1. The van der Waals surface area contributed by atoms with E-state index in [0.29, 0.717) is 13.0 Å². The van der Waals surface area contributed by atoms with E-state index in [2.05, 4.69) is 5.32 Å². The Morgan fingerprint density at radius 3 is 2.52 bits per heavy atom. The lowest BCUT2D eigenvalue weighted by Crippen LogP contribution is -2.15. The SMILES string of the molecule is CSc1ccc(NC(=O)CCOc2ccccc2C)cc1. The van der Waals surface area contributed by atoms with Gasteiger partial charge in [-0.05, 0) is 49.1 Å². The van der Waals surface area contributed by atoms with E-state index < -0.39 is 0 Å². The van der Waals surface area contributed by atoms with Crippen LogP contribution in [-0.2, 0) is 4.79 Å². The minimum atomic E-state index is -0.0412. The third kappa shape index (κ3) is 4.83. The van der Waals surface area contributed by atoms with E-state index >= 15 is 0 Å². The van der Waals surface area contributed by atoms with Gasteiger partial charge in [-0.25, -0.2) is 0 Å². The van der Waals surface area contributed by atoms with Crippen LogP contribution in [0.25, 0.3) is 0 Å². The number of aryl methyl sites for hydroxylation is 1. The van der Waals surface area contributed by atoms with Crippen LogP contribution in [0.3, 0.4) is 0 Å². The molecule has 110 valence electrons. The molecule has 0 saturated carbocycles. The molecule has 4 heteroatoms. The van der Waals surface area contributed by atoms with Crippen molar-refractivity contribution in [3.63, 3.8) is 0 Å². The van der Waals surface area contributed by atoms with Crippen LogP contribution in [0.1, 0.15) is 12.0 Å². The van der Waals surface area contributed by atoms with Crippen LogP contribution in [0.5, 0.6) is 5.75 Å². The number of thioether (sulfide) groups is 1. The smallest absolute Gasteiger partial charge is 0.227 e. The van der Waals surface area contributed by atoms with Crippen LogP contribution < -0.4 is 10.1 Å². The van der Waals surface area contributed by atoms with Gasteiger partial charge in [0.1, 0.15) is 5.75 Å². The predicted molar refractivity (Wildman–Crippen MR) is 88.1 cm³/mol. The summed E-state index contributed by atoms with van der Waals surface area (Å²) < 4.78 is 5.62. The molecule has 0 aliphatic heterocycles. The monoisotopic (exact) mass is 301 g/mol. The van der Waals surface area contributed by atoms with E-state index in [1.165, 1.54) is 4.90 Å². The molecule has 21 heavy (non-hydrogen) atoms. The van der Waals surface area contributed by atoms with Gasteiger partial charge in [-0.2, -0.15) is 0 Å². The first kappa shape index (κ1) is 15.4. The second-order valence-electron chi connectivity index (χ2n) is 4.64. The molecule has 0 unspecified atom stereocenters. The maximum atomic E-state index is 11.8. The van der Waals surface area contributed by atoms with Crippen LogP contribution in [0.15, 0.2) is 53.4 Å². The Hall–Kier alpha value is -1.94. The molecule has 0 aliphatic carbocycles. The Kier molecular flexibility index (Phi) is 5.69. The van der Waals surface area contributed by atoms with Crippen molar-refractivity contribution in [2.75, 3.05) is 18.2 Å². The standard InChI is InChI=1S/C17H19NO2S/c1-13-5-3-4-6-16(13)20-12-11-17(19)18-14-7-9-15(21-2)10-8-14/h3-10H,11-12H2,1-2H3,(H,18,19). The highest BCUT2D eigenvalue weighted by Gasteiger charge is 2.04. The largest absolute Gasteiger partial charge is 0.493 e. The summed E-state index contributed by atoms with van der Waals surface area (Å²) in [6, 6.07) is 15.6. The van der Waals surface area contributed by atoms with Crippen LogP contribution >= 0.6 is 11.8 Å². The fourth-order valence-corrected chi connectivity index (χ4v) is 2.28. The molecule has 0 heterocycles. The minimum absolute atomic E-state index is 0.0412. The molecular weight excluding hydrogens is 282 g/mol. The predicted octanol–water partition coefficient (Wildman–Crippen LogP) is 4.12. The maximum Gasteiger partial charge on any atom is 0.227 e. The van der Waals surface area contributed by atoms with Gasteiger partial charge in [0.05, 0.1) is 13.0 Å². The molecule has 0 saturated heterocycles. The second kappa shape index (κ2) is 7.74. The molecule has 2 rings (SSSR count). The van der Waals surface area contributed by atoms with Crippen molar-refractivity contribution in [2.24, 2.45) is 0 Å². The maximum absolute atomic E-state index is 11.8. The van der Waals surface area contributed by atoms with E-state index in [-0.39, 0.29) is 5.91 Å². The lowest BCUT2D eigenvalue weighted by atomic mass is 10.2. The van der Waals surface area contributed by atoms with Gasteiger partial charge in [0.15, 0.2) is 0 Å². The number of anilines is 1. The average Bonchev–Trinajstić information content (AvgIpc) is 2.50. The molecule has 2 aromatic rings. The first-order valence-corrected chi connectivity index (χ1v) is 8.04. The molecule has 1 N–H and O–H groups in total. The van der Waals surface area contributed by atoms with Gasteiger partial charge in [0.2, 0.25) is 5.91 Å². The Labute approximate surface area is 129 Å². The van der Waals surface area contributed by atoms with Crippen molar-refractivity contribution in [3.05, 3.63) is 54.1 Å². The summed E-state index contributed by atoms with van der Waals surface area (Å²) in [5.41, 5.74) is 1.89. The number of carbonyl (C=O) groups is 1. The molecule has 0 aromatic heterocycles. The highest BCUT2D eigenvalue weighted by atomic mass is 32.2. The van der Waals surface area contributed by atoms with Crippen LogP contribution in [-0.4, -0.2) is 18.8 Å². The lowest BCUT2D eigenvalue weighted by Gasteiger charge is -2.09. The van der Waals surface area contributed by atoms with Crippen molar-refractivity contribution in [1.29, 1.82) is 0 Å². The average molecular weight is 301 g/mol. The van der Waals surface area contributed by atoms with E-state index in [1.807, 2.05) is 61.7 Å². The topological polar surface area (TPSA) is 38.3 Å². The van der Waals surface area contributed by atoms with E-state index in [1.54, 1.807) is 11.8 Å². The van der Waals surface area contributed by atoms with Gasteiger partial charge in [-0.1, -0.05) is 18.2 Å². The van der Waals surface area contributed by atoms with E-state index in [4.69, 9.17) is 4.74 Å². The zero-order valence-corrected chi connectivity index (χ0v) is 13.1. The Balaban J connectivity index is 1.78. The van der Waals surface area contributed by atoms with Gasteiger partial charge in [0.25, 0.3) is 0 Å². The van der Waals surface area contributed by atoms with Gasteiger partial charge >= 0.3 is 0 Å². The number of nitrogens with one attached hydrogen (secondary N) is 1. The summed E-state index contributed by atoms with van der Waals surface area (Å²) in [6.45, 7) is 2.36. The second-order valence-corrected chi connectivity index (χ2v) is 5.52. The number of para-hydroxylation sites is 1. The summed E-state index contributed by atoms with van der Waals surface area (Å²) in [4.78, 5) is 13.0. The van der Waals surface area contributed by atoms with Crippen molar-refractivity contribution in [2.45, 2.75) is 18.2 Å². The molecule has 2 aromatic carbocycles. The van der Waals surface area contributed by atoms with Gasteiger partial charge in [0, 0.05) is 10.6 Å². The fourth-order valence-electron chi connectivity index (χ4n) is 1.87. The van der Waals surface area contributed by atoms with Gasteiger partial charge < -0.3 is 10.1 Å². The lowest BCUT2D eigenvalue weighted by molar-refractivity contribution is -0.116. The summed E-state index contributed by atoms with van der Waals surface area (Å²) >= 11 is 1.68. The van der Waals surface area contributed by atoms with Crippen molar-refractivity contribution >= 4 is 23.4 Å². The van der Waals surface area contributed by atoms with Crippen molar-refractivity contribution < 1.29 is 9.53 Å². The molecule has 0 atom stereocenters. The Bertz CT molecular complexity index is 596. The van der Waals surface area contributed by atoms with Gasteiger partial charge in [-0.15, -0.1) is 11.8 Å². The minimum Gasteiger partial charge on any atom is -0.493 e. The number of benzene rings is 2. The van der Waals surface area contributed by atoms with Crippen LogP contribution in [0.2, 0.25) is 0 Å².